The molecule has 1 fully saturated rings. The number of fused-ring (bicyclic) bond motifs is 3. The molecule has 0 radical (unpaired) electrons. The van der Waals surface area contributed by atoms with Crippen LogP contribution in [0.4, 0.5) is 4.39 Å². The van der Waals surface area contributed by atoms with Crippen LogP contribution in [-0.2, 0) is 17.8 Å². The number of aromatic amines is 1. The van der Waals surface area contributed by atoms with Crippen molar-refractivity contribution in [2.45, 2.75) is 51.1 Å². The Morgan fingerprint density at radius 1 is 1.21 bits per heavy atom. The molecule has 0 spiro atoms. The molecule has 0 aliphatic heterocycles. The normalized spacial score (nSPS) is 18.4. The van der Waals surface area contributed by atoms with E-state index in [-0.39, 0.29) is 24.2 Å². The van der Waals surface area contributed by atoms with E-state index in [4.69, 9.17) is 10.2 Å². The fourth-order valence-corrected chi connectivity index (χ4v) is 4.90. The van der Waals surface area contributed by atoms with Gasteiger partial charge in [-0.1, -0.05) is 12.1 Å². The Bertz CT molecular complexity index is 1320. The maximum Gasteiger partial charge on any atom is 0.227 e. The van der Waals surface area contributed by atoms with Crippen LogP contribution in [0.2, 0.25) is 0 Å². The summed E-state index contributed by atoms with van der Waals surface area (Å²) in [5.74, 6) is 0.735. The van der Waals surface area contributed by atoms with Gasteiger partial charge in [0.15, 0.2) is 0 Å². The second kappa shape index (κ2) is 9.02. The summed E-state index contributed by atoms with van der Waals surface area (Å²) in [6.45, 7) is 0.336. The topological polar surface area (TPSA) is 99.4 Å². The van der Waals surface area contributed by atoms with Gasteiger partial charge in [-0.15, -0.1) is 0 Å². The minimum atomic E-state index is -0.298. The number of halogens is 1. The first kappa shape index (κ1) is 21.1. The van der Waals surface area contributed by atoms with E-state index in [1.54, 1.807) is 18.3 Å². The molecule has 7 nitrogen and oxygen atoms in total. The molecule has 1 saturated carbocycles. The summed E-state index contributed by atoms with van der Waals surface area (Å²) in [7, 11) is 0. The molecule has 0 bridgehead atoms. The van der Waals surface area contributed by atoms with E-state index in [0.29, 0.717) is 18.9 Å². The Kier molecular flexibility index (Phi) is 5.78. The van der Waals surface area contributed by atoms with Crippen LogP contribution in [0, 0.1) is 23.1 Å². The number of aromatic nitrogens is 4. The van der Waals surface area contributed by atoms with Crippen molar-refractivity contribution in [3.8, 4) is 6.07 Å². The third-order valence-electron chi connectivity index (χ3n) is 6.59. The molecule has 1 aliphatic carbocycles. The summed E-state index contributed by atoms with van der Waals surface area (Å²) in [5, 5.41) is 13.0. The maximum absolute atomic E-state index is 13.1. The van der Waals surface area contributed by atoms with Crippen molar-refractivity contribution in [2.24, 2.45) is 5.92 Å². The summed E-state index contributed by atoms with van der Waals surface area (Å²) < 4.78 is 15.4. The smallest absolute Gasteiger partial charge is 0.227 e. The molecule has 0 atom stereocenters. The van der Waals surface area contributed by atoms with E-state index in [9.17, 15) is 9.18 Å². The van der Waals surface area contributed by atoms with Crippen molar-refractivity contribution in [3.05, 3.63) is 59.9 Å². The number of hydrogen-bond donors (Lipinski definition) is 2. The van der Waals surface area contributed by atoms with E-state index >= 15 is 0 Å². The van der Waals surface area contributed by atoms with Crippen molar-refractivity contribution < 1.29 is 9.18 Å². The molecule has 8 heteroatoms. The number of amides is 1. The van der Waals surface area contributed by atoms with Gasteiger partial charge >= 0.3 is 0 Å². The van der Waals surface area contributed by atoms with Crippen LogP contribution in [0.15, 0.2) is 42.7 Å². The first-order chi connectivity index (χ1) is 16.1. The standard InChI is InChI=1S/C25H25FN6O/c26-18-5-1-17(2-6-18)14-29-23(33)13-22-31-21-15-30-25-20(10-12-28-25)24(21)32(22)19-7-3-16(4-8-19)9-11-27/h1-2,5-6,10,12,15-16,19H,3-4,7-9,13-14H2,(H,28,30)(H,29,33). The summed E-state index contributed by atoms with van der Waals surface area (Å²) in [4.78, 5) is 25.3. The number of imidazole rings is 1. The monoisotopic (exact) mass is 444 g/mol. The SMILES string of the molecule is N#CCC1CCC(n2c(CC(=O)NCc3ccc(F)cc3)nc3cnc4[nH]ccc4c32)CC1. The van der Waals surface area contributed by atoms with Crippen LogP contribution in [0.25, 0.3) is 22.1 Å². The van der Waals surface area contributed by atoms with Crippen molar-refractivity contribution in [1.29, 1.82) is 5.26 Å². The lowest BCUT2D eigenvalue weighted by Crippen LogP contribution is -2.27. The molecule has 0 unspecified atom stereocenters. The molecule has 4 aromatic rings. The predicted molar refractivity (Wildman–Crippen MR) is 123 cm³/mol. The Balaban J connectivity index is 1.42. The number of pyridine rings is 1. The average molecular weight is 445 g/mol. The van der Waals surface area contributed by atoms with E-state index in [1.165, 1.54) is 12.1 Å². The number of carbonyl (C=O) groups is 1. The molecule has 0 saturated heterocycles. The molecule has 1 aliphatic rings. The highest BCUT2D eigenvalue weighted by Gasteiger charge is 2.27. The van der Waals surface area contributed by atoms with E-state index in [1.807, 2.05) is 12.3 Å². The fourth-order valence-electron chi connectivity index (χ4n) is 4.90. The first-order valence-electron chi connectivity index (χ1n) is 11.3. The Hall–Kier alpha value is -3.73. The number of carbonyl (C=O) groups excluding carboxylic acids is 1. The number of hydrogen-bond acceptors (Lipinski definition) is 4. The highest BCUT2D eigenvalue weighted by molar-refractivity contribution is 6.01. The van der Waals surface area contributed by atoms with Crippen LogP contribution >= 0.6 is 0 Å². The Morgan fingerprint density at radius 2 is 2.00 bits per heavy atom. The highest BCUT2D eigenvalue weighted by atomic mass is 19.1. The molecule has 3 heterocycles. The van der Waals surface area contributed by atoms with Gasteiger partial charge in [0.2, 0.25) is 5.91 Å². The number of nitrogens with one attached hydrogen (secondary N) is 2. The fraction of sp³-hybridized carbons (Fsp3) is 0.360. The van der Waals surface area contributed by atoms with Crippen LogP contribution in [0.5, 0.6) is 0 Å². The first-order valence-corrected chi connectivity index (χ1v) is 11.3. The summed E-state index contributed by atoms with van der Waals surface area (Å²) in [5.41, 5.74) is 3.43. The van der Waals surface area contributed by atoms with Gasteiger partial charge in [0, 0.05) is 30.6 Å². The van der Waals surface area contributed by atoms with Crippen LogP contribution < -0.4 is 5.32 Å². The largest absolute Gasteiger partial charge is 0.352 e. The number of nitrogens with zero attached hydrogens (tertiary/aromatic N) is 4. The molecular formula is C25H25FN6O. The van der Waals surface area contributed by atoms with Crippen molar-refractivity contribution in [2.75, 3.05) is 0 Å². The predicted octanol–water partition coefficient (Wildman–Crippen LogP) is 4.56. The van der Waals surface area contributed by atoms with Gasteiger partial charge < -0.3 is 14.9 Å². The molecule has 2 N–H and O–H groups in total. The summed E-state index contributed by atoms with van der Waals surface area (Å²) in [6.07, 6.45) is 8.28. The van der Waals surface area contributed by atoms with Gasteiger partial charge in [-0.05, 0) is 55.4 Å². The molecular weight excluding hydrogens is 419 g/mol. The number of H-pyrrole nitrogens is 1. The maximum atomic E-state index is 13.1. The van der Waals surface area contributed by atoms with Crippen molar-refractivity contribution in [3.63, 3.8) is 0 Å². The third kappa shape index (κ3) is 4.31. The number of rotatable bonds is 6. The van der Waals surface area contributed by atoms with E-state index in [0.717, 1.165) is 59.1 Å². The lowest BCUT2D eigenvalue weighted by Gasteiger charge is -2.30. The second-order valence-electron chi connectivity index (χ2n) is 8.75. The van der Waals surface area contributed by atoms with Crippen LogP contribution in [0.1, 0.15) is 49.5 Å². The van der Waals surface area contributed by atoms with E-state index in [2.05, 4.69) is 25.9 Å². The zero-order valence-electron chi connectivity index (χ0n) is 18.2. The lowest BCUT2D eigenvalue weighted by molar-refractivity contribution is -0.120. The van der Waals surface area contributed by atoms with Gasteiger partial charge in [0.05, 0.1) is 24.2 Å². The van der Waals surface area contributed by atoms with Crippen molar-refractivity contribution >= 4 is 28.0 Å². The zero-order valence-corrected chi connectivity index (χ0v) is 18.2. The Morgan fingerprint density at radius 3 is 2.76 bits per heavy atom. The molecule has 5 rings (SSSR count). The van der Waals surface area contributed by atoms with Crippen LogP contribution in [0.3, 0.4) is 0 Å². The van der Waals surface area contributed by atoms with Gasteiger partial charge in [-0.25, -0.2) is 14.4 Å². The lowest BCUT2D eigenvalue weighted by atomic mass is 9.84. The second-order valence-corrected chi connectivity index (χ2v) is 8.75. The zero-order chi connectivity index (χ0) is 22.8. The summed E-state index contributed by atoms with van der Waals surface area (Å²) >= 11 is 0. The molecule has 1 amide bonds. The van der Waals surface area contributed by atoms with Gasteiger partial charge in [0.25, 0.3) is 0 Å². The van der Waals surface area contributed by atoms with Gasteiger partial charge in [-0.2, -0.15) is 5.26 Å². The van der Waals surface area contributed by atoms with Gasteiger partial charge in [0.1, 0.15) is 22.8 Å². The summed E-state index contributed by atoms with van der Waals surface area (Å²) in [6, 6.07) is 10.6. The quantitative estimate of drug-likeness (QED) is 0.455. The number of nitriles is 1. The molecule has 168 valence electrons. The molecule has 3 aromatic heterocycles. The minimum absolute atomic E-state index is 0.132. The van der Waals surface area contributed by atoms with Crippen LogP contribution in [-0.4, -0.2) is 25.4 Å². The van der Waals surface area contributed by atoms with Crippen molar-refractivity contribution in [1.82, 2.24) is 24.8 Å². The molecule has 33 heavy (non-hydrogen) atoms. The average Bonchev–Trinajstić information content (AvgIpc) is 3.43. The highest BCUT2D eigenvalue weighted by Crippen LogP contribution is 2.38. The molecule has 1 aromatic carbocycles. The number of benzene rings is 1. The van der Waals surface area contributed by atoms with E-state index < -0.39 is 0 Å². The third-order valence-corrected chi connectivity index (χ3v) is 6.59. The minimum Gasteiger partial charge on any atom is -0.352 e. The van der Waals surface area contributed by atoms with Gasteiger partial charge in [-0.3, -0.25) is 4.79 Å². The Labute approximate surface area is 190 Å².